The number of hydrogen-bond donors (Lipinski definition) is 1. The van der Waals surface area contributed by atoms with Gasteiger partial charge in [0.05, 0.1) is 9.80 Å². The molecule has 0 atom stereocenters. The topological polar surface area (TPSA) is 96.7 Å². The molecule has 0 saturated carbocycles. The van der Waals surface area contributed by atoms with E-state index >= 15 is 0 Å². The molecule has 2 aromatic rings. The number of thiocarbonyl (C=S) groups is 1. The van der Waals surface area contributed by atoms with Gasteiger partial charge in [-0.15, -0.1) is 6.58 Å². The first-order valence-electron chi connectivity index (χ1n) is 8.31. The van der Waals surface area contributed by atoms with E-state index in [2.05, 4.69) is 6.58 Å². The van der Waals surface area contributed by atoms with Gasteiger partial charge in [-0.1, -0.05) is 30.1 Å². The van der Waals surface area contributed by atoms with Crippen LogP contribution in [0, 0.1) is 0 Å². The summed E-state index contributed by atoms with van der Waals surface area (Å²) in [6.07, 6.45) is 3.22. The number of nitrogens with one attached hydrogen (secondary N) is 1. The number of amides is 2. The largest absolute Gasteiger partial charge is 0.457 e. The molecule has 150 valence electrons. The zero-order chi connectivity index (χ0) is 21.2. The summed E-state index contributed by atoms with van der Waals surface area (Å²) in [6.45, 7) is 5.09. The van der Waals surface area contributed by atoms with Gasteiger partial charge in [-0.05, 0) is 36.4 Å². The molecule has 29 heavy (non-hydrogen) atoms. The highest BCUT2D eigenvalue weighted by Gasteiger charge is 2.31. The van der Waals surface area contributed by atoms with Gasteiger partial charge in [0.15, 0.2) is 0 Å². The maximum absolute atomic E-state index is 12.4. The van der Waals surface area contributed by atoms with Crippen LogP contribution in [-0.2, 0) is 19.6 Å². The van der Waals surface area contributed by atoms with E-state index in [0.717, 1.165) is 6.92 Å². The molecule has 10 heteroatoms. The van der Waals surface area contributed by atoms with Crippen LogP contribution < -0.4 is 4.72 Å². The summed E-state index contributed by atoms with van der Waals surface area (Å²) in [4.78, 5) is 25.3. The van der Waals surface area contributed by atoms with Gasteiger partial charge in [0.1, 0.15) is 15.8 Å². The van der Waals surface area contributed by atoms with E-state index in [1.165, 1.54) is 28.8 Å². The Morgan fingerprint density at radius 1 is 1.28 bits per heavy atom. The molecule has 0 unspecified atom stereocenters. The van der Waals surface area contributed by atoms with Crippen molar-refractivity contribution < 1.29 is 22.4 Å². The maximum atomic E-state index is 12.4. The molecule has 3 rings (SSSR count). The van der Waals surface area contributed by atoms with Gasteiger partial charge in [-0.25, -0.2) is 13.1 Å². The summed E-state index contributed by atoms with van der Waals surface area (Å²) < 4.78 is 32.1. The monoisotopic (exact) mass is 448 g/mol. The second-order valence-electron chi connectivity index (χ2n) is 5.97. The highest BCUT2D eigenvalue weighted by atomic mass is 32.2. The molecule has 1 aliphatic rings. The van der Waals surface area contributed by atoms with Crippen LogP contribution in [0.2, 0.25) is 0 Å². The molecular formula is C19H16N2O5S3. The Labute approximate surface area is 177 Å². The Morgan fingerprint density at radius 2 is 1.97 bits per heavy atom. The Kier molecular flexibility index (Phi) is 6.06. The predicted molar refractivity (Wildman–Crippen MR) is 115 cm³/mol. The SMILES string of the molecule is C=CCN1C(=O)C(=Cc2ccc(-c3ccc(S(=O)(=O)NC(C)=O)cc3)o2)SC1=S. The molecule has 2 amide bonds. The molecule has 1 saturated heterocycles. The second kappa shape index (κ2) is 8.36. The summed E-state index contributed by atoms with van der Waals surface area (Å²) in [5.74, 6) is 0.101. The first kappa shape index (κ1) is 21.0. The van der Waals surface area contributed by atoms with Gasteiger partial charge in [-0.2, -0.15) is 0 Å². The van der Waals surface area contributed by atoms with Crippen LogP contribution in [0.25, 0.3) is 17.4 Å². The van der Waals surface area contributed by atoms with E-state index in [-0.39, 0.29) is 10.8 Å². The van der Waals surface area contributed by atoms with Crippen LogP contribution in [0.15, 0.2) is 63.3 Å². The summed E-state index contributed by atoms with van der Waals surface area (Å²) >= 11 is 6.39. The molecule has 1 fully saturated rings. The summed E-state index contributed by atoms with van der Waals surface area (Å²) in [7, 11) is -3.89. The summed E-state index contributed by atoms with van der Waals surface area (Å²) in [6, 6.07) is 9.32. The van der Waals surface area contributed by atoms with E-state index in [1.54, 1.807) is 36.4 Å². The number of carbonyl (C=O) groups excluding carboxylic acids is 2. The highest BCUT2D eigenvalue weighted by Crippen LogP contribution is 2.33. The van der Waals surface area contributed by atoms with Crippen molar-refractivity contribution in [2.75, 3.05) is 6.54 Å². The van der Waals surface area contributed by atoms with E-state index in [1.807, 2.05) is 4.72 Å². The number of hydrogen-bond acceptors (Lipinski definition) is 7. The van der Waals surface area contributed by atoms with Crippen LogP contribution in [0.4, 0.5) is 0 Å². The van der Waals surface area contributed by atoms with Gasteiger partial charge < -0.3 is 4.42 Å². The van der Waals surface area contributed by atoms with Crippen molar-refractivity contribution in [1.82, 2.24) is 9.62 Å². The number of sulfonamides is 1. The minimum absolute atomic E-state index is 0.0332. The van der Waals surface area contributed by atoms with Crippen LogP contribution >= 0.6 is 24.0 Å². The van der Waals surface area contributed by atoms with Crippen molar-refractivity contribution in [2.45, 2.75) is 11.8 Å². The Balaban J connectivity index is 1.80. The van der Waals surface area contributed by atoms with Gasteiger partial charge in [0, 0.05) is 25.1 Å². The minimum atomic E-state index is -3.89. The molecule has 7 nitrogen and oxygen atoms in total. The van der Waals surface area contributed by atoms with Crippen LogP contribution in [0.3, 0.4) is 0 Å². The zero-order valence-corrected chi connectivity index (χ0v) is 17.7. The number of rotatable bonds is 6. The highest BCUT2D eigenvalue weighted by molar-refractivity contribution is 8.26. The van der Waals surface area contributed by atoms with Gasteiger partial charge >= 0.3 is 0 Å². The van der Waals surface area contributed by atoms with E-state index in [4.69, 9.17) is 16.6 Å². The van der Waals surface area contributed by atoms with Gasteiger partial charge in [0.25, 0.3) is 15.9 Å². The van der Waals surface area contributed by atoms with Crippen molar-refractivity contribution >= 4 is 56.2 Å². The average molecular weight is 449 g/mol. The molecule has 0 bridgehead atoms. The lowest BCUT2D eigenvalue weighted by atomic mass is 10.2. The number of furan rings is 1. The first-order chi connectivity index (χ1) is 13.7. The summed E-state index contributed by atoms with van der Waals surface area (Å²) in [5.41, 5.74) is 0.644. The van der Waals surface area contributed by atoms with Crippen molar-refractivity contribution in [1.29, 1.82) is 0 Å². The van der Waals surface area contributed by atoms with Crippen molar-refractivity contribution in [3.05, 3.63) is 59.7 Å². The minimum Gasteiger partial charge on any atom is -0.457 e. The van der Waals surface area contributed by atoms with Crippen LogP contribution in [0.5, 0.6) is 0 Å². The fraction of sp³-hybridized carbons (Fsp3) is 0.105. The Morgan fingerprint density at radius 3 is 2.59 bits per heavy atom. The average Bonchev–Trinajstić information content (AvgIpc) is 3.22. The normalized spacial score (nSPS) is 15.8. The fourth-order valence-corrected chi connectivity index (χ4v) is 4.79. The Hall–Kier alpha value is -2.69. The molecular weight excluding hydrogens is 432 g/mol. The molecule has 1 aromatic heterocycles. The molecule has 2 heterocycles. The second-order valence-corrected chi connectivity index (χ2v) is 9.33. The lowest BCUT2D eigenvalue weighted by Crippen LogP contribution is -2.28. The van der Waals surface area contributed by atoms with Crippen LogP contribution in [-0.4, -0.2) is 36.0 Å². The first-order valence-corrected chi connectivity index (χ1v) is 11.0. The molecule has 0 spiro atoms. The van der Waals surface area contributed by atoms with Crippen molar-refractivity contribution in [2.24, 2.45) is 0 Å². The number of carbonyl (C=O) groups is 2. The van der Waals surface area contributed by atoms with Crippen LogP contribution in [0.1, 0.15) is 12.7 Å². The predicted octanol–water partition coefficient (Wildman–Crippen LogP) is 3.16. The smallest absolute Gasteiger partial charge is 0.266 e. The van der Waals surface area contributed by atoms with Gasteiger partial charge in [0.2, 0.25) is 5.91 Å². The fourth-order valence-electron chi connectivity index (χ4n) is 2.55. The molecule has 0 aliphatic carbocycles. The third kappa shape index (κ3) is 4.66. The lowest BCUT2D eigenvalue weighted by molar-refractivity contribution is -0.121. The third-order valence-corrected chi connectivity index (χ3v) is 6.64. The molecule has 0 radical (unpaired) electrons. The molecule has 1 aliphatic heterocycles. The zero-order valence-electron chi connectivity index (χ0n) is 15.2. The van der Waals surface area contributed by atoms with Crippen molar-refractivity contribution in [3.63, 3.8) is 0 Å². The van der Waals surface area contributed by atoms with E-state index < -0.39 is 15.9 Å². The van der Waals surface area contributed by atoms with Crippen molar-refractivity contribution in [3.8, 4) is 11.3 Å². The van der Waals surface area contributed by atoms with E-state index in [0.29, 0.717) is 32.9 Å². The summed E-state index contributed by atoms with van der Waals surface area (Å²) in [5, 5.41) is 0. The van der Waals surface area contributed by atoms with Gasteiger partial charge in [-0.3, -0.25) is 14.5 Å². The number of thioether (sulfide) groups is 1. The number of nitrogens with zero attached hydrogens (tertiary/aromatic N) is 1. The Bertz CT molecular complexity index is 1130. The standard InChI is InChI=1S/C19H16N2O5S3/c1-3-10-21-18(23)17(28-19(21)27)11-14-6-9-16(26-14)13-4-7-15(8-5-13)29(24,25)20-12(2)22/h3-9,11H,1,10H2,2H3,(H,20,22). The molecule has 1 aromatic carbocycles. The maximum Gasteiger partial charge on any atom is 0.266 e. The lowest BCUT2D eigenvalue weighted by Gasteiger charge is -2.10. The quantitative estimate of drug-likeness (QED) is 0.412. The number of benzene rings is 1. The van der Waals surface area contributed by atoms with E-state index in [9.17, 15) is 18.0 Å². The third-order valence-electron chi connectivity index (χ3n) is 3.81. The molecule has 1 N–H and O–H groups in total.